The third-order valence-electron chi connectivity index (χ3n) is 0.992. The fraction of sp³-hybridized carbons (Fsp3) is 0.625. The molecule has 0 radical (unpaired) electrons. The van der Waals surface area contributed by atoms with E-state index in [1.54, 1.807) is 13.0 Å². The fourth-order valence-corrected chi connectivity index (χ4v) is 0.555. The first kappa shape index (κ1) is 10.2. The van der Waals surface area contributed by atoms with Gasteiger partial charge in [-0.25, -0.2) is 0 Å². The zero-order chi connectivity index (χ0) is 8.53. The molecular formula is C8H14O3. The van der Waals surface area contributed by atoms with Gasteiger partial charge in [-0.3, -0.25) is 4.79 Å². The molecule has 0 spiro atoms. The number of esters is 1. The van der Waals surface area contributed by atoms with Crippen molar-refractivity contribution in [1.29, 1.82) is 0 Å². The summed E-state index contributed by atoms with van der Waals surface area (Å²) in [5.74, 6) is -0.212. The Bertz CT molecular complexity index is 121. The SMILES string of the molecule is C=CCOCCC(=O)OCC. The maximum Gasteiger partial charge on any atom is 0.308 e. The molecule has 0 aliphatic rings. The van der Waals surface area contributed by atoms with E-state index in [1.165, 1.54) is 0 Å². The van der Waals surface area contributed by atoms with E-state index in [9.17, 15) is 4.79 Å². The standard InChI is InChI=1S/C8H14O3/c1-3-6-10-7-5-8(9)11-4-2/h3H,1,4-7H2,2H3. The summed E-state index contributed by atoms with van der Waals surface area (Å²) in [5, 5.41) is 0. The van der Waals surface area contributed by atoms with Crippen LogP contribution >= 0.6 is 0 Å². The lowest BCUT2D eigenvalue weighted by Gasteiger charge is -2.00. The lowest BCUT2D eigenvalue weighted by molar-refractivity contribution is -0.144. The number of carbonyl (C=O) groups excluding carboxylic acids is 1. The van der Waals surface area contributed by atoms with E-state index in [1.807, 2.05) is 0 Å². The lowest BCUT2D eigenvalue weighted by atomic mass is 10.5. The molecule has 0 aromatic carbocycles. The summed E-state index contributed by atoms with van der Waals surface area (Å²) in [5.41, 5.74) is 0. The molecule has 0 unspecified atom stereocenters. The first-order valence-corrected chi connectivity index (χ1v) is 3.65. The van der Waals surface area contributed by atoms with E-state index in [2.05, 4.69) is 11.3 Å². The largest absolute Gasteiger partial charge is 0.466 e. The summed E-state index contributed by atoms with van der Waals surface area (Å²) in [6, 6.07) is 0. The van der Waals surface area contributed by atoms with E-state index in [4.69, 9.17) is 4.74 Å². The number of rotatable bonds is 6. The monoisotopic (exact) mass is 158 g/mol. The van der Waals surface area contributed by atoms with Crippen molar-refractivity contribution in [3.63, 3.8) is 0 Å². The Labute approximate surface area is 67.0 Å². The van der Waals surface area contributed by atoms with Gasteiger partial charge in [-0.15, -0.1) is 6.58 Å². The molecule has 11 heavy (non-hydrogen) atoms. The van der Waals surface area contributed by atoms with Gasteiger partial charge in [-0.1, -0.05) is 6.08 Å². The highest BCUT2D eigenvalue weighted by Gasteiger charge is 1.99. The van der Waals surface area contributed by atoms with Gasteiger partial charge in [0.15, 0.2) is 0 Å². The molecule has 0 atom stereocenters. The Morgan fingerprint density at radius 1 is 1.64 bits per heavy atom. The highest BCUT2D eigenvalue weighted by atomic mass is 16.5. The number of ether oxygens (including phenoxy) is 2. The van der Waals surface area contributed by atoms with Gasteiger partial charge in [0.05, 0.1) is 26.2 Å². The first-order chi connectivity index (χ1) is 5.31. The average Bonchev–Trinajstić information content (AvgIpc) is 1.99. The van der Waals surface area contributed by atoms with Crippen molar-refractivity contribution in [1.82, 2.24) is 0 Å². The van der Waals surface area contributed by atoms with Crippen LogP contribution < -0.4 is 0 Å². The molecule has 0 N–H and O–H groups in total. The highest BCUT2D eigenvalue weighted by Crippen LogP contribution is 1.87. The number of hydrogen-bond acceptors (Lipinski definition) is 3. The van der Waals surface area contributed by atoms with Gasteiger partial charge >= 0.3 is 5.97 Å². The van der Waals surface area contributed by atoms with Crippen molar-refractivity contribution in [3.8, 4) is 0 Å². The first-order valence-electron chi connectivity index (χ1n) is 3.65. The van der Waals surface area contributed by atoms with Crippen LogP contribution in [0, 0.1) is 0 Å². The van der Waals surface area contributed by atoms with Crippen molar-refractivity contribution >= 4 is 5.97 Å². The van der Waals surface area contributed by atoms with Crippen molar-refractivity contribution in [2.45, 2.75) is 13.3 Å². The normalized spacial score (nSPS) is 9.18. The molecule has 0 amide bonds. The van der Waals surface area contributed by atoms with E-state index in [-0.39, 0.29) is 5.97 Å². The summed E-state index contributed by atoms with van der Waals surface area (Å²) in [6.45, 7) is 6.58. The van der Waals surface area contributed by atoms with E-state index in [0.717, 1.165) is 0 Å². The summed E-state index contributed by atoms with van der Waals surface area (Å²) in [4.78, 5) is 10.7. The van der Waals surface area contributed by atoms with Gasteiger partial charge in [0.2, 0.25) is 0 Å². The second-order valence-corrected chi connectivity index (χ2v) is 1.92. The Morgan fingerprint density at radius 2 is 2.36 bits per heavy atom. The minimum absolute atomic E-state index is 0.212. The molecule has 0 aliphatic heterocycles. The van der Waals surface area contributed by atoms with Gasteiger partial charge in [-0.2, -0.15) is 0 Å². The van der Waals surface area contributed by atoms with E-state index in [0.29, 0.717) is 26.2 Å². The molecule has 0 bridgehead atoms. The molecule has 0 heterocycles. The third-order valence-corrected chi connectivity index (χ3v) is 0.992. The predicted molar refractivity (Wildman–Crippen MR) is 42.3 cm³/mol. The van der Waals surface area contributed by atoms with Crippen LogP contribution in [0.5, 0.6) is 0 Å². The van der Waals surface area contributed by atoms with Gasteiger partial charge in [0.1, 0.15) is 0 Å². The van der Waals surface area contributed by atoms with Gasteiger partial charge < -0.3 is 9.47 Å². The molecule has 0 fully saturated rings. The minimum atomic E-state index is -0.212. The average molecular weight is 158 g/mol. The molecule has 0 aliphatic carbocycles. The fourth-order valence-electron chi connectivity index (χ4n) is 0.555. The molecule has 3 nitrogen and oxygen atoms in total. The van der Waals surface area contributed by atoms with Gasteiger partial charge in [0.25, 0.3) is 0 Å². The van der Waals surface area contributed by atoms with Crippen LogP contribution in [0.25, 0.3) is 0 Å². The van der Waals surface area contributed by atoms with Crippen LogP contribution in [0.15, 0.2) is 12.7 Å². The van der Waals surface area contributed by atoms with Crippen molar-refractivity contribution in [2.24, 2.45) is 0 Å². The quantitative estimate of drug-likeness (QED) is 0.330. The molecule has 0 rings (SSSR count). The van der Waals surface area contributed by atoms with Crippen molar-refractivity contribution in [2.75, 3.05) is 19.8 Å². The topological polar surface area (TPSA) is 35.5 Å². The Kier molecular flexibility index (Phi) is 6.73. The summed E-state index contributed by atoms with van der Waals surface area (Å²) >= 11 is 0. The Balaban J connectivity index is 3.10. The van der Waals surface area contributed by atoms with Crippen molar-refractivity contribution in [3.05, 3.63) is 12.7 Å². The second-order valence-electron chi connectivity index (χ2n) is 1.92. The van der Waals surface area contributed by atoms with Crippen LogP contribution in [0.2, 0.25) is 0 Å². The third kappa shape index (κ3) is 7.06. The van der Waals surface area contributed by atoms with Gasteiger partial charge in [-0.05, 0) is 6.92 Å². The van der Waals surface area contributed by atoms with E-state index >= 15 is 0 Å². The molecule has 0 aromatic rings. The minimum Gasteiger partial charge on any atom is -0.466 e. The molecule has 0 aromatic heterocycles. The lowest BCUT2D eigenvalue weighted by Crippen LogP contribution is -2.07. The maximum absolute atomic E-state index is 10.7. The van der Waals surface area contributed by atoms with Crippen LogP contribution in [0.3, 0.4) is 0 Å². The summed E-state index contributed by atoms with van der Waals surface area (Å²) in [6.07, 6.45) is 1.97. The highest BCUT2D eigenvalue weighted by molar-refractivity contribution is 5.69. The Morgan fingerprint density at radius 3 is 2.91 bits per heavy atom. The summed E-state index contributed by atoms with van der Waals surface area (Å²) < 4.78 is 9.66. The molecule has 3 heteroatoms. The zero-order valence-corrected chi connectivity index (χ0v) is 6.84. The van der Waals surface area contributed by atoms with Crippen LogP contribution in [-0.4, -0.2) is 25.8 Å². The van der Waals surface area contributed by atoms with E-state index < -0.39 is 0 Å². The number of hydrogen-bond donors (Lipinski definition) is 0. The predicted octanol–water partition coefficient (Wildman–Crippen LogP) is 1.14. The maximum atomic E-state index is 10.7. The summed E-state index contributed by atoms with van der Waals surface area (Å²) in [7, 11) is 0. The zero-order valence-electron chi connectivity index (χ0n) is 6.84. The van der Waals surface area contributed by atoms with Crippen LogP contribution in [0.4, 0.5) is 0 Å². The molecular weight excluding hydrogens is 144 g/mol. The molecule has 0 saturated carbocycles. The second kappa shape index (κ2) is 7.28. The van der Waals surface area contributed by atoms with Gasteiger partial charge in [0, 0.05) is 0 Å². The smallest absolute Gasteiger partial charge is 0.308 e. The van der Waals surface area contributed by atoms with Crippen LogP contribution in [0.1, 0.15) is 13.3 Å². The van der Waals surface area contributed by atoms with Crippen LogP contribution in [-0.2, 0) is 14.3 Å². The molecule has 0 saturated heterocycles. The van der Waals surface area contributed by atoms with Crippen molar-refractivity contribution < 1.29 is 14.3 Å². The Hall–Kier alpha value is -0.830. The molecule has 64 valence electrons. The number of carbonyl (C=O) groups is 1.